The van der Waals surface area contributed by atoms with Gasteiger partial charge in [-0.2, -0.15) is 0 Å². The van der Waals surface area contributed by atoms with Crippen LogP contribution >= 0.6 is 11.6 Å². The Bertz CT molecular complexity index is 726. The fourth-order valence-corrected chi connectivity index (χ4v) is 2.54. The number of nitrogens with one attached hydrogen (secondary N) is 1. The van der Waals surface area contributed by atoms with Crippen molar-refractivity contribution in [3.63, 3.8) is 0 Å². The molecule has 0 bridgehead atoms. The van der Waals surface area contributed by atoms with E-state index in [-0.39, 0.29) is 18.2 Å². The summed E-state index contributed by atoms with van der Waals surface area (Å²) in [6.07, 6.45) is -0.156. The number of nitrogens with zero attached hydrogens (tertiary/aromatic N) is 1. The van der Waals surface area contributed by atoms with Crippen molar-refractivity contribution in [2.45, 2.75) is 26.9 Å². The molecule has 26 heavy (non-hydrogen) atoms. The summed E-state index contributed by atoms with van der Waals surface area (Å²) in [5.74, 6) is 0.198. The average Bonchev–Trinajstić information content (AvgIpc) is 2.63. The molecule has 2 amide bonds. The Morgan fingerprint density at radius 1 is 1.00 bits per heavy atom. The molecule has 2 aromatic carbocycles. The van der Waals surface area contributed by atoms with Crippen LogP contribution in [0.2, 0.25) is 5.02 Å². The van der Waals surface area contributed by atoms with Crippen LogP contribution < -0.4 is 10.1 Å². The van der Waals surface area contributed by atoms with Crippen LogP contribution in [0, 0.1) is 0 Å². The van der Waals surface area contributed by atoms with Gasteiger partial charge in [-0.15, -0.1) is 0 Å². The predicted octanol–water partition coefficient (Wildman–Crippen LogP) is 4.12. The topological polar surface area (TPSA) is 58.6 Å². The molecule has 5 nitrogen and oxygen atoms in total. The quantitative estimate of drug-likeness (QED) is 0.707. The molecule has 0 aliphatic carbocycles. The molecule has 0 aliphatic heterocycles. The van der Waals surface area contributed by atoms with E-state index in [1.807, 2.05) is 38.1 Å². The van der Waals surface area contributed by atoms with Crippen LogP contribution in [0.1, 0.15) is 25.8 Å². The van der Waals surface area contributed by atoms with Gasteiger partial charge in [-0.3, -0.25) is 9.59 Å². The normalized spacial score (nSPS) is 10.3. The van der Waals surface area contributed by atoms with Gasteiger partial charge >= 0.3 is 0 Å². The Morgan fingerprint density at radius 2 is 1.62 bits per heavy atom. The van der Waals surface area contributed by atoms with E-state index in [1.54, 1.807) is 29.2 Å². The third-order valence-corrected chi connectivity index (χ3v) is 4.14. The summed E-state index contributed by atoms with van der Waals surface area (Å²) in [4.78, 5) is 25.6. The van der Waals surface area contributed by atoms with E-state index in [0.717, 1.165) is 5.56 Å². The highest BCUT2D eigenvalue weighted by atomic mass is 35.5. The maximum absolute atomic E-state index is 12.0. The molecule has 0 spiro atoms. The van der Waals surface area contributed by atoms with Crippen molar-refractivity contribution in [3.05, 3.63) is 59.1 Å². The molecule has 0 aromatic heterocycles. The van der Waals surface area contributed by atoms with Crippen LogP contribution in [0.4, 0.5) is 5.69 Å². The predicted molar refractivity (Wildman–Crippen MR) is 103 cm³/mol. The summed E-state index contributed by atoms with van der Waals surface area (Å²) in [5, 5.41) is 3.41. The maximum atomic E-state index is 12.0. The van der Waals surface area contributed by atoms with E-state index in [1.165, 1.54) is 0 Å². The van der Waals surface area contributed by atoms with Gasteiger partial charge in [0, 0.05) is 23.8 Å². The number of hydrogen-bond donors (Lipinski definition) is 1. The lowest BCUT2D eigenvalue weighted by atomic mass is 10.2. The van der Waals surface area contributed by atoms with Crippen molar-refractivity contribution >= 4 is 29.1 Å². The van der Waals surface area contributed by atoms with Gasteiger partial charge in [-0.1, -0.05) is 23.7 Å². The largest absolute Gasteiger partial charge is 0.489 e. The molecule has 0 fully saturated rings. The van der Waals surface area contributed by atoms with Crippen molar-refractivity contribution in [2.75, 3.05) is 18.4 Å². The van der Waals surface area contributed by atoms with Crippen molar-refractivity contribution in [1.29, 1.82) is 0 Å². The van der Waals surface area contributed by atoms with Crippen LogP contribution in [0.15, 0.2) is 48.5 Å². The average molecular weight is 375 g/mol. The Labute approximate surface area is 158 Å². The molecule has 0 heterocycles. The molecule has 6 heteroatoms. The number of carbonyl (C=O) groups excluding carboxylic acids is 2. The Hall–Kier alpha value is -2.53. The molecule has 1 N–H and O–H groups in total. The summed E-state index contributed by atoms with van der Waals surface area (Å²) in [6.45, 7) is 5.41. The van der Waals surface area contributed by atoms with Gasteiger partial charge in [0.2, 0.25) is 11.8 Å². The Kier molecular flexibility index (Phi) is 7.48. The van der Waals surface area contributed by atoms with Gasteiger partial charge in [-0.05, 0) is 55.8 Å². The van der Waals surface area contributed by atoms with Crippen LogP contribution in [-0.4, -0.2) is 29.8 Å². The van der Waals surface area contributed by atoms with Gasteiger partial charge in [-0.25, -0.2) is 0 Å². The molecule has 0 unspecified atom stereocenters. The van der Waals surface area contributed by atoms with Crippen LogP contribution in [0.25, 0.3) is 0 Å². The number of carbonyl (C=O) groups is 2. The highest BCUT2D eigenvalue weighted by Gasteiger charge is 2.14. The fourth-order valence-electron chi connectivity index (χ4n) is 2.41. The third kappa shape index (κ3) is 6.08. The Balaban J connectivity index is 1.83. The number of hydrogen-bond acceptors (Lipinski definition) is 3. The molecule has 0 saturated carbocycles. The molecule has 2 aromatic rings. The van der Waals surface area contributed by atoms with Crippen LogP contribution in [0.5, 0.6) is 5.75 Å². The van der Waals surface area contributed by atoms with Crippen molar-refractivity contribution in [1.82, 2.24) is 4.90 Å². The minimum atomic E-state index is -0.322. The summed E-state index contributed by atoms with van der Waals surface area (Å²) < 4.78 is 5.70. The molecule has 2 rings (SSSR count). The van der Waals surface area contributed by atoms with Gasteiger partial charge in [0.25, 0.3) is 0 Å². The summed E-state index contributed by atoms with van der Waals surface area (Å²) >= 11 is 5.85. The standard InChI is InChI=1S/C20H23ClN2O3/c1-3-23(4-2)20(25)13-19(24)22-17-9-11-18(12-10-17)26-14-15-5-7-16(21)8-6-15/h5-12H,3-4,13-14H2,1-2H3,(H,22,24). The zero-order chi connectivity index (χ0) is 18.9. The molecule has 0 saturated heterocycles. The second-order valence-electron chi connectivity index (χ2n) is 5.73. The number of ether oxygens (including phenoxy) is 1. The first-order valence-corrected chi connectivity index (χ1v) is 8.94. The molecular weight excluding hydrogens is 352 g/mol. The van der Waals surface area contributed by atoms with Gasteiger partial charge in [0.1, 0.15) is 18.8 Å². The van der Waals surface area contributed by atoms with E-state index in [2.05, 4.69) is 5.32 Å². The summed E-state index contributed by atoms with van der Waals surface area (Å²) in [7, 11) is 0. The number of anilines is 1. The third-order valence-electron chi connectivity index (χ3n) is 3.88. The number of halogens is 1. The smallest absolute Gasteiger partial charge is 0.233 e. The molecule has 0 aliphatic rings. The minimum absolute atomic E-state index is 0.156. The fraction of sp³-hybridized carbons (Fsp3) is 0.300. The molecule has 0 radical (unpaired) electrons. The van der Waals surface area contributed by atoms with Crippen LogP contribution in [-0.2, 0) is 16.2 Å². The van der Waals surface area contributed by atoms with Crippen LogP contribution in [0.3, 0.4) is 0 Å². The summed E-state index contributed by atoms with van der Waals surface area (Å²) in [6, 6.07) is 14.5. The molecule has 0 atom stereocenters. The zero-order valence-corrected chi connectivity index (χ0v) is 15.8. The van der Waals surface area contributed by atoms with Gasteiger partial charge in [0.05, 0.1) is 0 Å². The number of benzene rings is 2. The lowest BCUT2D eigenvalue weighted by Gasteiger charge is -2.18. The van der Waals surface area contributed by atoms with E-state index >= 15 is 0 Å². The second kappa shape index (κ2) is 9.82. The number of rotatable bonds is 8. The minimum Gasteiger partial charge on any atom is -0.489 e. The first-order valence-electron chi connectivity index (χ1n) is 8.56. The lowest BCUT2D eigenvalue weighted by molar-refractivity contribution is -0.134. The molecular formula is C20H23ClN2O3. The van der Waals surface area contributed by atoms with E-state index in [4.69, 9.17) is 16.3 Å². The first-order chi connectivity index (χ1) is 12.5. The highest BCUT2D eigenvalue weighted by molar-refractivity contribution is 6.30. The van der Waals surface area contributed by atoms with Crippen molar-refractivity contribution in [3.8, 4) is 5.75 Å². The lowest BCUT2D eigenvalue weighted by Crippen LogP contribution is -2.33. The number of amides is 2. The van der Waals surface area contributed by atoms with E-state index < -0.39 is 0 Å². The van der Waals surface area contributed by atoms with E-state index in [0.29, 0.717) is 36.2 Å². The summed E-state index contributed by atoms with van der Waals surface area (Å²) in [5.41, 5.74) is 1.64. The van der Waals surface area contributed by atoms with Gasteiger partial charge < -0.3 is 15.0 Å². The monoisotopic (exact) mass is 374 g/mol. The first kappa shape index (κ1) is 19.8. The van der Waals surface area contributed by atoms with E-state index in [9.17, 15) is 9.59 Å². The zero-order valence-electron chi connectivity index (χ0n) is 15.0. The second-order valence-corrected chi connectivity index (χ2v) is 6.17. The van der Waals surface area contributed by atoms with Crippen molar-refractivity contribution < 1.29 is 14.3 Å². The molecule has 138 valence electrons. The van der Waals surface area contributed by atoms with Crippen molar-refractivity contribution in [2.24, 2.45) is 0 Å². The Morgan fingerprint density at radius 3 is 2.19 bits per heavy atom. The SMILES string of the molecule is CCN(CC)C(=O)CC(=O)Nc1ccc(OCc2ccc(Cl)cc2)cc1. The van der Waals surface area contributed by atoms with Gasteiger partial charge in [0.15, 0.2) is 0 Å². The highest BCUT2D eigenvalue weighted by Crippen LogP contribution is 2.18. The maximum Gasteiger partial charge on any atom is 0.233 e.